The summed E-state index contributed by atoms with van der Waals surface area (Å²) in [5.41, 5.74) is 2.06. The molecule has 0 N–H and O–H groups in total. The molecule has 7 heteroatoms. The number of likely N-dealkylation sites (tertiary alicyclic amines) is 1. The van der Waals surface area contributed by atoms with Gasteiger partial charge in [0.15, 0.2) is 0 Å². The molecule has 2 aromatic heterocycles. The zero-order valence-electron chi connectivity index (χ0n) is 14.0. The van der Waals surface area contributed by atoms with Gasteiger partial charge in [0.1, 0.15) is 17.1 Å². The number of carbonyl (C=O) groups is 1. The molecule has 7 nitrogen and oxygen atoms in total. The summed E-state index contributed by atoms with van der Waals surface area (Å²) in [7, 11) is 0. The van der Waals surface area contributed by atoms with Gasteiger partial charge in [-0.2, -0.15) is 5.10 Å². The Morgan fingerprint density at radius 2 is 2.21 bits per heavy atom. The molecule has 0 bridgehead atoms. The quantitative estimate of drug-likeness (QED) is 0.851. The van der Waals surface area contributed by atoms with Crippen LogP contribution in [0.5, 0.6) is 0 Å². The van der Waals surface area contributed by atoms with Crippen LogP contribution in [0.3, 0.4) is 0 Å². The van der Waals surface area contributed by atoms with Crippen LogP contribution in [0.15, 0.2) is 18.5 Å². The van der Waals surface area contributed by atoms with Crippen LogP contribution in [0.2, 0.25) is 0 Å². The van der Waals surface area contributed by atoms with Crippen molar-refractivity contribution in [2.24, 2.45) is 0 Å². The highest BCUT2D eigenvalue weighted by Gasteiger charge is 2.52. The second kappa shape index (κ2) is 5.66. The number of amides is 1. The van der Waals surface area contributed by atoms with Crippen LogP contribution in [-0.4, -0.2) is 43.6 Å². The molecule has 0 saturated carbocycles. The Kier molecular flexibility index (Phi) is 3.60. The van der Waals surface area contributed by atoms with Crippen LogP contribution in [-0.2, 0) is 29.9 Å². The van der Waals surface area contributed by atoms with Crippen LogP contribution < -0.4 is 0 Å². The van der Waals surface area contributed by atoms with E-state index in [0.29, 0.717) is 25.4 Å². The number of hydrogen-bond acceptors (Lipinski definition) is 5. The van der Waals surface area contributed by atoms with E-state index < -0.39 is 5.60 Å². The second-order valence-electron chi connectivity index (χ2n) is 6.40. The van der Waals surface area contributed by atoms with Crippen LogP contribution >= 0.6 is 0 Å². The molecule has 0 atom stereocenters. The van der Waals surface area contributed by atoms with Gasteiger partial charge in [-0.1, -0.05) is 6.92 Å². The summed E-state index contributed by atoms with van der Waals surface area (Å²) in [6.07, 6.45) is 5.61. The highest BCUT2D eigenvalue weighted by atomic mass is 16.5. The number of carbonyl (C=O) groups excluding carboxylic acids is 1. The Morgan fingerprint density at radius 3 is 2.92 bits per heavy atom. The highest BCUT2D eigenvalue weighted by Crippen LogP contribution is 2.42. The van der Waals surface area contributed by atoms with E-state index in [9.17, 15) is 4.79 Å². The maximum atomic E-state index is 12.5. The van der Waals surface area contributed by atoms with Crippen molar-refractivity contribution in [3.05, 3.63) is 41.2 Å². The number of hydrogen-bond donors (Lipinski definition) is 0. The van der Waals surface area contributed by atoms with E-state index >= 15 is 0 Å². The van der Waals surface area contributed by atoms with Crippen molar-refractivity contribution >= 4 is 5.91 Å². The Balaban J connectivity index is 1.49. The minimum Gasteiger partial charge on any atom is -0.360 e. The predicted octanol–water partition coefficient (Wildman–Crippen LogP) is 1.53. The number of rotatable bonds is 4. The molecule has 1 amide bonds. The van der Waals surface area contributed by atoms with Gasteiger partial charge in [-0.25, -0.2) is 9.97 Å². The lowest BCUT2D eigenvalue weighted by Crippen LogP contribution is -2.61. The summed E-state index contributed by atoms with van der Waals surface area (Å²) < 4.78 is 7.76. The summed E-state index contributed by atoms with van der Waals surface area (Å²) in [5.74, 6) is 0.822. The molecule has 2 aromatic rings. The smallest absolute Gasteiger partial charge is 0.274 e. The summed E-state index contributed by atoms with van der Waals surface area (Å²) in [4.78, 5) is 23.3. The maximum absolute atomic E-state index is 12.5. The largest absolute Gasteiger partial charge is 0.360 e. The van der Waals surface area contributed by atoms with Crippen molar-refractivity contribution in [3.63, 3.8) is 0 Å². The standard InChI is InChI=1S/C17H21N5O2/c1-3-5-15-18-8-12-14(19-15)9-24-17(12)10-21(11-17)16(23)13-6-7-22(4-2)20-13/h6-8H,3-5,9-11H2,1-2H3. The first-order chi connectivity index (χ1) is 11.6. The van der Waals surface area contributed by atoms with E-state index in [1.807, 2.05) is 19.3 Å². The zero-order chi connectivity index (χ0) is 16.7. The normalized spacial score (nSPS) is 17.8. The lowest BCUT2D eigenvalue weighted by Gasteiger charge is -2.46. The number of aryl methyl sites for hydroxylation is 2. The van der Waals surface area contributed by atoms with E-state index in [2.05, 4.69) is 22.0 Å². The van der Waals surface area contributed by atoms with Crippen molar-refractivity contribution in [2.45, 2.75) is 45.4 Å². The maximum Gasteiger partial charge on any atom is 0.274 e. The molecule has 2 aliphatic heterocycles. The van der Waals surface area contributed by atoms with E-state index in [1.54, 1.807) is 15.6 Å². The molecule has 1 saturated heterocycles. The molecular weight excluding hydrogens is 306 g/mol. The SMILES string of the molecule is CCCc1ncc2c(n1)COC21CN(C(=O)c2ccn(CC)n2)C1. The van der Waals surface area contributed by atoms with Crippen LogP contribution in [0.25, 0.3) is 0 Å². The first-order valence-electron chi connectivity index (χ1n) is 8.47. The highest BCUT2D eigenvalue weighted by molar-refractivity contribution is 5.93. The van der Waals surface area contributed by atoms with E-state index in [1.165, 1.54) is 0 Å². The van der Waals surface area contributed by atoms with E-state index in [4.69, 9.17) is 4.74 Å². The van der Waals surface area contributed by atoms with Gasteiger partial charge in [0.05, 0.1) is 25.4 Å². The Bertz CT molecular complexity index is 779. The Hall–Kier alpha value is -2.28. The Labute approximate surface area is 140 Å². The van der Waals surface area contributed by atoms with Gasteiger partial charge in [0.25, 0.3) is 5.91 Å². The minimum atomic E-state index is -0.428. The number of aromatic nitrogens is 4. The van der Waals surface area contributed by atoms with Crippen molar-refractivity contribution in [3.8, 4) is 0 Å². The molecule has 2 aliphatic rings. The lowest BCUT2D eigenvalue weighted by atomic mass is 9.87. The number of ether oxygens (including phenoxy) is 1. The first-order valence-corrected chi connectivity index (χ1v) is 8.47. The number of fused-ring (bicyclic) bond motifs is 2. The molecule has 4 rings (SSSR count). The third-order valence-electron chi connectivity index (χ3n) is 4.73. The van der Waals surface area contributed by atoms with Crippen molar-refractivity contribution in [1.82, 2.24) is 24.6 Å². The van der Waals surface area contributed by atoms with Gasteiger partial charge in [-0.05, 0) is 19.4 Å². The topological polar surface area (TPSA) is 73.1 Å². The summed E-state index contributed by atoms with van der Waals surface area (Å²) >= 11 is 0. The predicted molar refractivity (Wildman–Crippen MR) is 86.3 cm³/mol. The van der Waals surface area contributed by atoms with Crippen molar-refractivity contribution < 1.29 is 9.53 Å². The molecule has 0 radical (unpaired) electrons. The van der Waals surface area contributed by atoms with Crippen LogP contribution in [0.1, 0.15) is 47.8 Å². The van der Waals surface area contributed by atoms with Crippen molar-refractivity contribution in [2.75, 3.05) is 13.1 Å². The fraction of sp³-hybridized carbons (Fsp3) is 0.529. The van der Waals surface area contributed by atoms with Gasteiger partial charge < -0.3 is 9.64 Å². The molecule has 1 fully saturated rings. The van der Waals surface area contributed by atoms with E-state index in [-0.39, 0.29) is 5.91 Å². The van der Waals surface area contributed by atoms with Gasteiger partial charge in [0, 0.05) is 30.9 Å². The van der Waals surface area contributed by atoms with Crippen molar-refractivity contribution in [1.29, 1.82) is 0 Å². The second-order valence-corrected chi connectivity index (χ2v) is 6.40. The first kappa shape index (κ1) is 15.3. The third kappa shape index (κ3) is 2.31. The summed E-state index contributed by atoms with van der Waals surface area (Å²) in [5, 5.41) is 4.28. The summed E-state index contributed by atoms with van der Waals surface area (Å²) in [6.45, 7) is 6.44. The van der Waals surface area contributed by atoms with Crippen LogP contribution in [0.4, 0.5) is 0 Å². The van der Waals surface area contributed by atoms with Gasteiger partial charge in [0.2, 0.25) is 0 Å². The van der Waals surface area contributed by atoms with Crippen LogP contribution in [0, 0.1) is 0 Å². The molecule has 126 valence electrons. The average molecular weight is 327 g/mol. The van der Waals surface area contributed by atoms with Gasteiger partial charge in [-0.3, -0.25) is 9.48 Å². The lowest BCUT2D eigenvalue weighted by molar-refractivity contribution is -0.126. The molecule has 0 aliphatic carbocycles. The fourth-order valence-electron chi connectivity index (χ4n) is 3.37. The molecule has 24 heavy (non-hydrogen) atoms. The minimum absolute atomic E-state index is 0.0478. The van der Waals surface area contributed by atoms with Gasteiger partial charge >= 0.3 is 0 Å². The van der Waals surface area contributed by atoms with Gasteiger partial charge in [-0.15, -0.1) is 0 Å². The fourth-order valence-corrected chi connectivity index (χ4v) is 3.37. The average Bonchev–Trinajstić information content (AvgIpc) is 3.17. The number of nitrogens with zero attached hydrogens (tertiary/aromatic N) is 5. The molecular formula is C17H21N5O2. The molecule has 1 spiro atoms. The molecule has 4 heterocycles. The van der Waals surface area contributed by atoms with E-state index in [0.717, 1.165) is 36.5 Å². The Morgan fingerprint density at radius 1 is 1.38 bits per heavy atom. The monoisotopic (exact) mass is 327 g/mol. The molecule has 0 aromatic carbocycles. The molecule has 0 unspecified atom stereocenters. The third-order valence-corrected chi connectivity index (χ3v) is 4.73. The summed E-state index contributed by atoms with van der Waals surface area (Å²) in [6, 6.07) is 1.76. The zero-order valence-corrected chi connectivity index (χ0v) is 14.0.